The minimum absolute atomic E-state index is 0. The van der Waals surface area contributed by atoms with Crippen LogP contribution in [0, 0.1) is 11.8 Å². The van der Waals surface area contributed by atoms with Crippen LogP contribution in [0.3, 0.4) is 0 Å². The maximum atomic E-state index is 11.9. The van der Waals surface area contributed by atoms with Crippen molar-refractivity contribution in [2.75, 3.05) is 0 Å². The van der Waals surface area contributed by atoms with Crippen LogP contribution in [-0.4, -0.2) is 12.0 Å². The van der Waals surface area contributed by atoms with Crippen LogP contribution in [0.5, 0.6) is 0 Å². The summed E-state index contributed by atoms with van der Waals surface area (Å²) in [5.41, 5.74) is -0.502. The normalized spacial score (nSPS) is 33.5. The number of alkyl halides is 3. The minimum Gasteiger partial charge on any atom is -0.869 e. The molecule has 2 aliphatic rings. The molecule has 2 nitrogen and oxygen atoms in total. The van der Waals surface area contributed by atoms with Crippen molar-refractivity contribution in [1.82, 2.24) is 0 Å². The quantitative estimate of drug-likeness (QED) is 0.251. The standard InChI is InChI=1S/C8H7F3O2.Li/c9-8(10,11)7(13)6-4-1-3(4)2-5(6)12;/h3-4,13H,1-2H2;/q;+1/p-1/b7-6+;. The summed E-state index contributed by atoms with van der Waals surface area (Å²) < 4.78 is 35.8. The Kier molecular flexibility index (Phi) is 2.77. The molecule has 0 bridgehead atoms. The predicted molar refractivity (Wildman–Crippen MR) is 34.3 cm³/mol. The molecular weight excluding hydrogens is 192 g/mol. The van der Waals surface area contributed by atoms with Gasteiger partial charge in [-0.3, -0.25) is 4.79 Å². The third-order valence-electron chi connectivity index (χ3n) is 2.54. The molecule has 2 saturated carbocycles. The molecule has 2 atom stereocenters. The molecule has 0 radical (unpaired) electrons. The van der Waals surface area contributed by atoms with Crippen LogP contribution in [0.2, 0.25) is 0 Å². The minimum atomic E-state index is -4.89. The Bertz CT molecular complexity index is 308. The average Bonchev–Trinajstić information content (AvgIpc) is 2.61. The van der Waals surface area contributed by atoms with Gasteiger partial charge < -0.3 is 5.11 Å². The number of allylic oxidation sites excluding steroid dienone is 2. The molecule has 0 aromatic carbocycles. The van der Waals surface area contributed by atoms with Gasteiger partial charge in [-0.2, -0.15) is 13.2 Å². The van der Waals surface area contributed by atoms with Gasteiger partial charge in [0.15, 0.2) is 5.78 Å². The summed E-state index contributed by atoms with van der Waals surface area (Å²) in [7, 11) is 0. The molecule has 2 aliphatic carbocycles. The van der Waals surface area contributed by atoms with Crippen molar-refractivity contribution in [3.8, 4) is 0 Å². The molecule has 0 spiro atoms. The fourth-order valence-electron chi connectivity index (χ4n) is 1.83. The van der Waals surface area contributed by atoms with E-state index >= 15 is 0 Å². The van der Waals surface area contributed by atoms with Crippen molar-refractivity contribution in [1.29, 1.82) is 0 Å². The van der Waals surface area contributed by atoms with Gasteiger partial charge in [-0.1, -0.05) is 0 Å². The van der Waals surface area contributed by atoms with Gasteiger partial charge >= 0.3 is 25.0 Å². The van der Waals surface area contributed by atoms with E-state index in [1.54, 1.807) is 0 Å². The summed E-state index contributed by atoms with van der Waals surface area (Å²) in [6, 6.07) is 0. The second-order valence-corrected chi connectivity index (χ2v) is 3.47. The van der Waals surface area contributed by atoms with E-state index in [9.17, 15) is 23.1 Å². The summed E-state index contributed by atoms with van der Waals surface area (Å²) in [4.78, 5) is 10.9. The zero-order chi connectivity index (χ0) is 9.80. The zero-order valence-electron chi connectivity index (χ0n) is 7.52. The van der Waals surface area contributed by atoms with Crippen LogP contribution in [0.4, 0.5) is 13.2 Å². The van der Waals surface area contributed by atoms with Gasteiger partial charge in [-0.05, 0) is 29.6 Å². The van der Waals surface area contributed by atoms with Crippen molar-refractivity contribution < 1.29 is 41.9 Å². The number of fused-ring (bicyclic) bond motifs is 1. The third kappa shape index (κ3) is 1.71. The summed E-state index contributed by atoms with van der Waals surface area (Å²) >= 11 is 0. The van der Waals surface area contributed by atoms with E-state index in [0.29, 0.717) is 6.42 Å². The predicted octanol–water partition coefficient (Wildman–Crippen LogP) is -2.22. The summed E-state index contributed by atoms with van der Waals surface area (Å²) in [5.74, 6) is -2.90. The Morgan fingerprint density at radius 2 is 2.00 bits per heavy atom. The molecule has 2 rings (SSSR count). The molecule has 0 N–H and O–H groups in total. The molecule has 0 heterocycles. The molecule has 2 fully saturated rings. The van der Waals surface area contributed by atoms with E-state index in [-0.39, 0.29) is 37.1 Å². The van der Waals surface area contributed by atoms with Crippen LogP contribution in [0.25, 0.3) is 0 Å². The van der Waals surface area contributed by atoms with E-state index in [0.717, 1.165) is 0 Å². The third-order valence-corrected chi connectivity index (χ3v) is 2.54. The van der Waals surface area contributed by atoms with E-state index in [2.05, 4.69) is 0 Å². The first kappa shape index (κ1) is 11.7. The van der Waals surface area contributed by atoms with Crippen LogP contribution >= 0.6 is 0 Å². The number of rotatable bonds is 0. The smallest absolute Gasteiger partial charge is 0.869 e. The fourth-order valence-corrected chi connectivity index (χ4v) is 1.83. The van der Waals surface area contributed by atoms with Crippen molar-refractivity contribution in [2.24, 2.45) is 11.8 Å². The molecular formula is C8H6F3LiO2. The molecule has 0 amide bonds. The SMILES string of the molecule is O=C1CC2CC2/C1=C(\[O-])C(F)(F)F.[Li+]. The second kappa shape index (κ2) is 3.32. The average molecular weight is 198 g/mol. The number of hydrogen-bond acceptors (Lipinski definition) is 2. The van der Waals surface area contributed by atoms with Gasteiger partial charge in [-0.25, -0.2) is 0 Å². The largest absolute Gasteiger partial charge is 1.00 e. The summed E-state index contributed by atoms with van der Waals surface area (Å²) in [6.45, 7) is 0. The van der Waals surface area contributed by atoms with E-state index in [1.165, 1.54) is 0 Å². The van der Waals surface area contributed by atoms with Crippen LogP contribution in [-0.2, 0) is 4.79 Å². The van der Waals surface area contributed by atoms with Gasteiger partial charge in [-0.15, -0.1) is 0 Å². The van der Waals surface area contributed by atoms with E-state index < -0.39 is 23.3 Å². The van der Waals surface area contributed by atoms with E-state index in [4.69, 9.17) is 0 Å². The summed E-state index contributed by atoms with van der Waals surface area (Å²) in [6.07, 6.45) is -4.19. The van der Waals surface area contributed by atoms with Crippen molar-refractivity contribution in [3.63, 3.8) is 0 Å². The topological polar surface area (TPSA) is 40.1 Å². The maximum Gasteiger partial charge on any atom is 1.00 e. The number of halogens is 3. The molecule has 6 heteroatoms. The Balaban J connectivity index is 0.000000980. The maximum absolute atomic E-state index is 11.9. The van der Waals surface area contributed by atoms with Gasteiger partial charge in [0.25, 0.3) is 0 Å². The molecule has 0 aliphatic heterocycles. The zero-order valence-corrected chi connectivity index (χ0v) is 7.52. The monoisotopic (exact) mass is 198 g/mol. The van der Waals surface area contributed by atoms with Crippen molar-refractivity contribution in [2.45, 2.75) is 19.0 Å². The van der Waals surface area contributed by atoms with Crippen LogP contribution in [0.15, 0.2) is 11.3 Å². The molecule has 0 aromatic rings. The first-order valence-corrected chi connectivity index (χ1v) is 3.93. The molecule has 0 saturated heterocycles. The van der Waals surface area contributed by atoms with Gasteiger partial charge in [0.1, 0.15) is 0 Å². The molecule has 2 unspecified atom stereocenters. The Labute approximate surface area is 90.3 Å². The van der Waals surface area contributed by atoms with Crippen LogP contribution < -0.4 is 24.0 Å². The number of ketones is 1. The van der Waals surface area contributed by atoms with Gasteiger partial charge in [0, 0.05) is 6.42 Å². The first-order valence-electron chi connectivity index (χ1n) is 3.93. The fraction of sp³-hybridized carbons (Fsp3) is 0.625. The molecule has 0 aromatic heterocycles. The van der Waals surface area contributed by atoms with Crippen molar-refractivity contribution >= 4 is 5.78 Å². The number of carbonyl (C=O) groups excluding carboxylic acids is 1. The van der Waals surface area contributed by atoms with Crippen LogP contribution in [0.1, 0.15) is 12.8 Å². The number of carbonyl (C=O) groups is 1. The molecule has 72 valence electrons. The Morgan fingerprint density at radius 3 is 2.36 bits per heavy atom. The Hall–Kier alpha value is -0.403. The van der Waals surface area contributed by atoms with Crippen molar-refractivity contribution in [3.05, 3.63) is 11.3 Å². The number of hydrogen-bond donors (Lipinski definition) is 0. The Morgan fingerprint density at radius 1 is 1.43 bits per heavy atom. The number of Topliss-reactive ketones (excluding diaryl/α,β-unsaturated/α-hetero) is 1. The van der Waals surface area contributed by atoms with Gasteiger partial charge in [0.05, 0.1) is 0 Å². The van der Waals surface area contributed by atoms with Gasteiger partial charge in [0.2, 0.25) is 0 Å². The van der Waals surface area contributed by atoms with E-state index in [1.807, 2.05) is 0 Å². The molecule has 14 heavy (non-hydrogen) atoms. The summed E-state index contributed by atoms with van der Waals surface area (Å²) in [5, 5.41) is 10.7. The first-order chi connectivity index (χ1) is 5.91. The second-order valence-electron chi connectivity index (χ2n) is 3.47.